The summed E-state index contributed by atoms with van der Waals surface area (Å²) in [6.45, 7) is -0.0964. The fraction of sp³-hybridized carbons (Fsp3) is 0.133. The normalized spacial score (nSPS) is 10.3. The minimum atomic E-state index is -0.106. The molecule has 0 aromatic heterocycles. The van der Waals surface area contributed by atoms with Crippen LogP contribution in [0.3, 0.4) is 0 Å². The number of halogens is 1. The van der Waals surface area contributed by atoms with Crippen molar-refractivity contribution in [2.24, 2.45) is 0 Å². The Kier molecular flexibility index (Phi) is 5.47. The first kappa shape index (κ1) is 14.9. The van der Waals surface area contributed by atoms with Crippen LogP contribution in [0.4, 0.5) is 5.69 Å². The van der Waals surface area contributed by atoms with E-state index >= 15 is 0 Å². The number of para-hydroxylation sites is 1. The smallest absolute Gasteiger partial charge is 0.234 e. The van der Waals surface area contributed by atoms with Crippen LogP contribution in [-0.2, 0) is 11.4 Å². The van der Waals surface area contributed by atoms with Gasteiger partial charge in [0.1, 0.15) is 0 Å². The Morgan fingerprint density at radius 3 is 2.55 bits per heavy atom. The Bertz CT molecular complexity index is 587. The van der Waals surface area contributed by atoms with Crippen LogP contribution >= 0.6 is 23.4 Å². The fourth-order valence-electron chi connectivity index (χ4n) is 1.65. The van der Waals surface area contributed by atoms with Crippen molar-refractivity contribution < 1.29 is 9.90 Å². The van der Waals surface area contributed by atoms with E-state index in [-0.39, 0.29) is 12.5 Å². The van der Waals surface area contributed by atoms with E-state index in [2.05, 4.69) is 5.32 Å². The summed E-state index contributed by atoms with van der Waals surface area (Å²) in [5, 5.41) is 12.7. The highest BCUT2D eigenvalue weighted by atomic mass is 35.5. The van der Waals surface area contributed by atoms with E-state index in [0.29, 0.717) is 22.0 Å². The molecule has 0 unspecified atom stereocenters. The Labute approximate surface area is 127 Å². The number of benzene rings is 2. The topological polar surface area (TPSA) is 49.3 Å². The third-order valence-electron chi connectivity index (χ3n) is 2.65. The number of thioether (sulfide) groups is 1. The van der Waals surface area contributed by atoms with Crippen molar-refractivity contribution in [3.05, 3.63) is 59.1 Å². The van der Waals surface area contributed by atoms with Gasteiger partial charge in [0.15, 0.2) is 0 Å². The van der Waals surface area contributed by atoms with E-state index < -0.39 is 0 Å². The van der Waals surface area contributed by atoms with Crippen LogP contribution in [0.1, 0.15) is 5.56 Å². The van der Waals surface area contributed by atoms with Gasteiger partial charge in [-0.25, -0.2) is 0 Å². The molecule has 0 aliphatic rings. The first-order chi connectivity index (χ1) is 9.69. The number of aliphatic hydroxyl groups excluding tert-OH is 1. The monoisotopic (exact) mass is 307 g/mol. The molecule has 5 heteroatoms. The summed E-state index contributed by atoms with van der Waals surface area (Å²) in [7, 11) is 0. The van der Waals surface area contributed by atoms with Crippen molar-refractivity contribution in [2.45, 2.75) is 11.5 Å². The molecule has 0 heterocycles. The first-order valence-corrected chi connectivity index (χ1v) is 7.42. The van der Waals surface area contributed by atoms with Gasteiger partial charge in [-0.2, -0.15) is 0 Å². The number of amides is 1. The number of hydrogen-bond acceptors (Lipinski definition) is 3. The molecule has 0 aliphatic heterocycles. The predicted molar refractivity (Wildman–Crippen MR) is 83.2 cm³/mol. The molecule has 0 saturated carbocycles. The molecule has 104 valence electrons. The summed E-state index contributed by atoms with van der Waals surface area (Å²) in [6, 6.07) is 14.5. The third-order valence-corrected chi connectivity index (χ3v) is 3.91. The van der Waals surface area contributed by atoms with Crippen LogP contribution in [0, 0.1) is 0 Å². The van der Waals surface area contributed by atoms with E-state index in [4.69, 9.17) is 11.6 Å². The van der Waals surface area contributed by atoms with E-state index in [1.54, 1.807) is 24.3 Å². The van der Waals surface area contributed by atoms with Crippen molar-refractivity contribution in [1.29, 1.82) is 0 Å². The standard InChI is InChI=1S/C15H14ClNO2S/c16-12-5-7-13(8-6-12)20-10-15(19)17-14-4-2-1-3-11(14)9-18/h1-8,18H,9-10H2,(H,17,19). The molecule has 0 atom stereocenters. The molecule has 0 radical (unpaired) electrons. The van der Waals surface area contributed by atoms with Crippen LogP contribution in [0.5, 0.6) is 0 Å². The molecule has 2 N–H and O–H groups in total. The summed E-state index contributed by atoms with van der Waals surface area (Å²) in [6.07, 6.45) is 0. The van der Waals surface area contributed by atoms with Crippen molar-refractivity contribution in [3.63, 3.8) is 0 Å². The Hall–Kier alpha value is -1.49. The number of rotatable bonds is 5. The zero-order valence-electron chi connectivity index (χ0n) is 10.7. The maximum Gasteiger partial charge on any atom is 0.234 e. The molecular weight excluding hydrogens is 294 g/mol. The summed E-state index contributed by atoms with van der Waals surface area (Å²) in [4.78, 5) is 12.9. The van der Waals surface area contributed by atoms with Gasteiger partial charge >= 0.3 is 0 Å². The molecule has 0 fully saturated rings. The molecule has 2 aromatic carbocycles. The number of aliphatic hydroxyl groups is 1. The van der Waals surface area contributed by atoms with Crippen LogP contribution in [-0.4, -0.2) is 16.8 Å². The van der Waals surface area contributed by atoms with Crippen molar-refractivity contribution in [1.82, 2.24) is 0 Å². The number of carbonyl (C=O) groups is 1. The molecule has 0 bridgehead atoms. The maximum absolute atomic E-state index is 11.9. The van der Waals surface area contributed by atoms with Crippen molar-refractivity contribution >= 4 is 35.0 Å². The largest absolute Gasteiger partial charge is 0.392 e. The Morgan fingerprint density at radius 1 is 1.15 bits per heavy atom. The molecule has 0 aliphatic carbocycles. The molecule has 0 spiro atoms. The van der Waals surface area contributed by atoms with Gasteiger partial charge in [-0.1, -0.05) is 29.8 Å². The number of nitrogens with one attached hydrogen (secondary N) is 1. The van der Waals surface area contributed by atoms with E-state index in [1.807, 2.05) is 24.3 Å². The molecule has 2 aromatic rings. The number of hydrogen-bond donors (Lipinski definition) is 2. The van der Waals surface area contributed by atoms with Gasteiger partial charge in [-0.05, 0) is 30.3 Å². The lowest BCUT2D eigenvalue weighted by atomic mass is 10.2. The molecular formula is C15H14ClNO2S. The maximum atomic E-state index is 11.9. The summed E-state index contributed by atoms with van der Waals surface area (Å²) in [5.74, 6) is 0.201. The van der Waals surface area contributed by atoms with Gasteiger partial charge in [0.25, 0.3) is 0 Å². The highest BCUT2D eigenvalue weighted by Crippen LogP contribution is 2.21. The summed E-state index contributed by atoms with van der Waals surface area (Å²) in [5.41, 5.74) is 1.36. The predicted octanol–water partition coefficient (Wildman–Crippen LogP) is 3.56. The first-order valence-electron chi connectivity index (χ1n) is 6.06. The van der Waals surface area contributed by atoms with Crippen LogP contribution in [0.2, 0.25) is 5.02 Å². The third kappa shape index (κ3) is 4.27. The quantitative estimate of drug-likeness (QED) is 0.830. The lowest BCUT2D eigenvalue weighted by Gasteiger charge is -2.09. The van der Waals surface area contributed by atoms with Gasteiger partial charge < -0.3 is 10.4 Å². The van der Waals surface area contributed by atoms with Gasteiger partial charge in [-0.15, -0.1) is 11.8 Å². The minimum absolute atomic E-state index is 0.0964. The summed E-state index contributed by atoms with van der Waals surface area (Å²) < 4.78 is 0. The Morgan fingerprint density at radius 2 is 1.85 bits per heavy atom. The van der Waals surface area contributed by atoms with Gasteiger partial charge in [0.05, 0.1) is 12.4 Å². The Balaban J connectivity index is 1.91. The highest BCUT2D eigenvalue weighted by molar-refractivity contribution is 8.00. The summed E-state index contributed by atoms with van der Waals surface area (Å²) >= 11 is 7.24. The van der Waals surface area contributed by atoms with Gasteiger partial charge in [0.2, 0.25) is 5.91 Å². The zero-order valence-corrected chi connectivity index (χ0v) is 12.2. The SMILES string of the molecule is O=C(CSc1ccc(Cl)cc1)Nc1ccccc1CO. The number of anilines is 1. The second-order valence-electron chi connectivity index (χ2n) is 4.11. The molecule has 20 heavy (non-hydrogen) atoms. The van der Waals surface area contributed by atoms with E-state index in [0.717, 1.165) is 4.90 Å². The second kappa shape index (κ2) is 7.33. The van der Waals surface area contributed by atoms with Crippen molar-refractivity contribution in [3.8, 4) is 0 Å². The average molecular weight is 308 g/mol. The number of carbonyl (C=O) groups excluding carboxylic acids is 1. The van der Waals surface area contributed by atoms with Crippen LogP contribution < -0.4 is 5.32 Å². The second-order valence-corrected chi connectivity index (χ2v) is 5.59. The van der Waals surface area contributed by atoms with Crippen molar-refractivity contribution in [2.75, 3.05) is 11.1 Å². The van der Waals surface area contributed by atoms with Crippen LogP contribution in [0.25, 0.3) is 0 Å². The zero-order chi connectivity index (χ0) is 14.4. The average Bonchev–Trinajstić information content (AvgIpc) is 2.47. The van der Waals surface area contributed by atoms with E-state index in [1.165, 1.54) is 11.8 Å². The molecule has 0 saturated heterocycles. The molecule has 3 nitrogen and oxygen atoms in total. The van der Waals surface area contributed by atoms with Gasteiger partial charge in [0, 0.05) is 21.2 Å². The van der Waals surface area contributed by atoms with Crippen LogP contribution in [0.15, 0.2) is 53.4 Å². The fourth-order valence-corrected chi connectivity index (χ4v) is 2.47. The molecule has 2 rings (SSSR count). The lowest BCUT2D eigenvalue weighted by Crippen LogP contribution is -2.15. The minimum Gasteiger partial charge on any atom is -0.392 e. The molecule has 1 amide bonds. The van der Waals surface area contributed by atoms with E-state index in [9.17, 15) is 9.90 Å². The van der Waals surface area contributed by atoms with Gasteiger partial charge in [-0.3, -0.25) is 4.79 Å². The lowest BCUT2D eigenvalue weighted by molar-refractivity contribution is -0.113. The highest BCUT2D eigenvalue weighted by Gasteiger charge is 2.06.